The molecule has 1 amide bonds. The molecule has 7 nitrogen and oxygen atoms in total. The molecule has 3 N–H and O–H groups in total. The second kappa shape index (κ2) is 14.0. The predicted octanol–water partition coefficient (Wildman–Crippen LogP) is 1.75. The van der Waals surface area contributed by atoms with Crippen LogP contribution in [-0.4, -0.2) is 68.7 Å². The number of nitrogens with zero attached hydrogens (tertiary/aromatic N) is 2. The summed E-state index contributed by atoms with van der Waals surface area (Å²) in [5, 5.41) is 9.79. The van der Waals surface area contributed by atoms with Crippen molar-refractivity contribution in [3.63, 3.8) is 0 Å². The van der Waals surface area contributed by atoms with Crippen molar-refractivity contribution in [3.05, 3.63) is 35.9 Å². The summed E-state index contributed by atoms with van der Waals surface area (Å²) in [7, 11) is 0. The van der Waals surface area contributed by atoms with Gasteiger partial charge in [-0.05, 0) is 31.7 Å². The van der Waals surface area contributed by atoms with Crippen LogP contribution in [0, 0.1) is 0 Å². The van der Waals surface area contributed by atoms with Gasteiger partial charge >= 0.3 is 0 Å². The highest BCUT2D eigenvalue weighted by atomic mass is 16.5. The fourth-order valence-corrected chi connectivity index (χ4v) is 3.26. The minimum absolute atomic E-state index is 0.128. The molecular weight excluding hydrogens is 366 g/mol. The van der Waals surface area contributed by atoms with E-state index in [0.29, 0.717) is 32.3 Å². The fraction of sp³-hybridized carbons (Fsp3) is 0.636. The molecule has 0 atom stereocenters. The van der Waals surface area contributed by atoms with E-state index in [4.69, 9.17) is 4.74 Å². The van der Waals surface area contributed by atoms with Gasteiger partial charge in [0.25, 0.3) is 0 Å². The van der Waals surface area contributed by atoms with E-state index in [2.05, 4.69) is 51.8 Å². The van der Waals surface area contributed by atoms with Gasteiger partial charge in [0.05, 0.1) is 26.3 Å². The molecule has 162 valence electrons. The number of guanidine groups is 1. The van der Waals surface area contributed by atoms with Crippen LogP contribution in [0.15, 0.2) is 35.3 Å². The van der Waals surface area contributed by atoms with Crippen LogP contribution in [0.25, 0.3) is 0 Å². The highest BCUT2D eigenvalue weighted by molar-refractivity contribution is 5.80. The van der Waals surface area contributed by atoms with Crippen molar-refractivity contribution in [1.82, 2.24) is 20.9 Å². The molecule has 0 bridgehead atoms. The normalized spacial score (nSPS) is 15.9. The predicted molar refractivity (Wildman–Crippen MR) is 118 cm³/mol. The molecule has 7 heteroatoms. The van der Waals surface area contributed by atoms with Crippen molar-refractivity contribution in [3.8, 4) is 0 Å². The molecular formula is C22H37N5O2. The molecule has 2 rings (SSSR count). The number of rotatable bonds is 11. The van der Waals surface area contributed by atoms with E-state index in [1.807, 2.05) is 18.2 Å². The molecule has 0 radical (unpaired) electrons. The number of hydrogen-bond donors (Lipinski definition) is 3. The number of carbonyl (C=O) groups is 1. The SMILES string of the molecule is CCCNC(=O)CN1CCC(NC(=NCCOCc2ccccc2)NCC)CC1. The van der Waals surface area contributed by atoms with Crippen LogP contribution in [0.5, 0.6) is 0 Å². The lowest BCUT2D eigenvalue weighted by Crippen LogP contribution is -2.50. The van der Waals surface area contributed by atoms with E-state index < -0.39 is 0 Å². The van der Waals surface area contributed by atoms with Gasteiger partial charge in [0, 0.05) is 32.2 Å². The van der Waals surface area contributed by atoms with E-state index in [1.165, 1.54) is 5.56 Å². The molecule has 0 saturated carbocycles. The minimum atomic E-state index is 0.128. The zero-order valence-corrected chi connectivity index (χ0v) is 18.0. The largest absolute Gasteiger partial charge is 0.375 e. The van der Waals surface area contributed by atoms with E-state index in [-0.39, 0.29) is 5.91 Å². The van der Waals surface area contributed by atoms with Crippen LogP contribution < -0.4 is 16.0 Å². The number of likely N-dealkylation sites (tertiary alicyclic amines) is 1. The third-order valence-corrected chi connectivity index (χ3v) is 4.83. The number of amides is 1. The molecule has 0 aliphatic carbocycles. The number of ether oxygens (including phenoxy) is 1. The smallest absolute Gasteiger partial charge is 0.234 e. The molecule has 1 aliphatic rings. The number of hydrogen-bond acceptors (Lipinski definition) is 4. The average Bonchev–Trinajstić information content (AvgIpc) is 2.74. The van der Waals surface area contributed by atoms with Gasteiger partial charge in [-0.25, -0.2) is 0 Å². The Labute approximate surface area is 175 Å². The molecule has 1 aromatic rings. The maximum atomic E-state index is 11.9. The number of carbonyl (C=O) groups excluding carboxylic acids is 1. The third kappa shape index (κ3) is 9.76. The van der Waals surface area contributed by atoms with Crippen molar-refractivity contribution in [2.24, 2.45) is 4.99 Å². The quantitative estimate of drug-likeness (QED) is 0.298. The van der Waals surface area contributed by atoms with Crippen molar-refractivity contribution in [2.75, 3.05) is 45.9 Å². The van der Waals surface area contributed by atoms with Gasteiger partial charge in [0.2, 0.25) is 5.91 Å². The lowest BCUT2D eigenvalue weighted by atomic mass is 10.1. The first-order chi connectivity index (χ1) is 14.2. The van der Waals surface area contributed by atoms with Crippen molar-refractivity contribution in [1.29, 1.82) is 0 Å². The lowest BCUT2D eigenvalue weighted by Gasteiger charge is -2.32. The van der Waals surface area contributed by atoms with E-state index >= 15 is 0 Å². The standard InChI is InChI=1S/C22H37N5O2/c1-3-12-24-21(28)17-27-14-10-20(11-15-27)26-22(23-4-2)25-13-16-29-18-19-8-6-5-7-9-19/h5-9,20H,3-4,10-18H2,1-2H3,(H,24,28)(H2,23,25,26). The zero-order valence-electron chi connectivity index (χ0n) is 18.0. The van der Waals surface area contributed by atoms with Gasteiger partial charge in [0.15, 0.2) is 5.96 Å². The Kier molecular flexibility index (Phi) is 11.1. The van der Waals surface area contributed by atoms with Crippen LogP contribution in [0.3, 0.4) is 0 Å². The highest BCUT2D eigenvalue weighted by Crippen LogP contribution is 2.10. The topological polar surface area (TPSA) is 78.0 Å². The molecule has 29 heavy (non-hydrogen) atoms. The van der Waals surface area contributed by atoms with Gasteiger partial charge in [-0.2, -0.15) is 0 Å². The summed E-state index contributed by atoms with van der Waals surface area (Å²) in [5.74, 6) is 0.971. The van der Waals surface area contributed by atoms with E-state index in [9.17, 15) is 4.79 Å². The first-order valence-electron chi connectivity index (χ1n) is 10.9. The molecule has 1 fully saturated rings. The Bertz CT molecular complexity index is 600. The Morgan fingerprint density at radius 3 is 2.62 bits per heavy atom. The van der Waals surface area contributed by atoms with Gasteiger partial charge in [0.1, 0.15) is 0 Å². The second-order valence-corrected chi connectivity index (χ2v) is 7.34. The van der Waals surface area contributed by atoms with Crippen LogP contribution in [-0.2, 0) is 16.1 Å². The minimum Gasteiger partial charge on any atom is -0.375 e. The van der Waals surface area contributed by atoms with Gasteiger partial charge < -0.3 is 20.7 Å². The first-order valence-corrected chi connectivity index (χ1v) is 10.9. The Hall–Kier alpha value is -2.12. The lowest BCUT2D eigenvalue weighted by molar-refractivity contribution is -0.122. The number of nitrogens with one attached hydrogen (secondary N) is 3. The van der Waals surface area contributed by atoms with Gasteiger partial charge in [-0.1, -0.05) is 37.3 Å². The summed E-state index contributed by atoms with van der Waals surface area (Å²) < 4.78 is 5.71. The van der Waals surface area contributed by atoms with Crippen molar-refractivity contribution < 1.29 is 9.53 Å². The third-order valence-electron chi connectivity index (χ3n) is 4.83. The van der Waals surface area contributed by atoms with Gasteiger partial charge in [-0.15, -0.1) is 0 Å². The molecule has 0 unspecified atom stereocenters. The number of benzene rings is 1. The summed E-state index contributed by atoms with van der Waals surface area (Å²) in [6.07, 6.45) is 2.99. The average molecular weight is 404 g/mol. The van der Waals surface area contributed by atoms with Gasteiger partial charge in [-0.3, -0.25) is 14.7 Å². The first kappa shape index (κ1) is 23.2. The summed E-state index contributed by atoms with van der Waals surface area (Å²) in [5.41, 5.74) is 1.18. The molecule has 1 aliphatic heterocycles. The van der Waals surface area contributed by atoms with Crippen LogP contribution in [0.1, 0.15) is 38.7 Å². The Balaban J connectivity index is 1.66. The molecule has 1 heterocycles. The Morgan fingerprint density at radius 2 is 1.93 bits per heavy atom. The molecule has 1 saturated heterocycles. The van der Waals surface area contributed by atoms with Crippen LogP contribution >= 0.6 is 0 Å². The van der Waals surface area contributed by atoms with E-state index in [0.717, 1.165) is 51.4 Å². The number of piperidine rings is 1. The summed E-state index contributed by atoms with van der Waals surface area (Å²) in [6.45, 7) is 9.91. The fourth-order valence-electron chi connectivity index (χ4n) is 3.26. The summed E-state index contributed by atoms with van der Waals surface area (Å²) >= 11 is 0. The monoisotopic (exact) mass is 403 g/mol. The van der Waals surface area contributed by atoms with Crippen LogP contribution in [0.2, 0.25) is 0 Å². The molecule has 1 aromatic carbocycles. The van der Waals surface area contributed by atoms with Crippen molar-refractivity contribution >= 4 is 11.9 Å². The van der Waals surface area contributed by atoms with Crippen molar-refractivity contribution in [2.45, 2.75) is 45.8 Å². The number of aliphatic imine (C=N–C) groups is 1. The molecule has 0 aromatic heterocycles. The van der Waals surface area contributed by atoms with E-state index in [1.54, 1.807) is 0 Å². The maximum absolute atomic E-state index is 11.9. The highest BCUT2D eigenvalue weighted by Gasteiger charge is 2.21. The maximum Gasteiger partial charge on any atom is 0.234 e. The molecule has 0 spiro atoms. The Morgan fingerprint density at radius 1 is 1.17 bits per heavy atom. The van der Waals surface area contributed by atoms with Crippen LogP contribution in [0.4, 0.5) is 0 Å². The second-order valence-electron chi connectivity index (χ2n) is 7.34. The zero-order chi connectivity index (χ0) is 20.7. The summed E-state index contributed by atoms with van der Waals surface area (Å²) in [6, 6.07) is 10.6. The summed E-state index contributed by atoms with van der Waals surface area (Å²) in [4.78, 5) is 18.7.